The predicted molar refractivity (Wildman–Crippen MR) is 98.6 cm³/mol. The highest BCUT2D eigenvalue weighted by Gasteiger charge is 2.23. The van der Waals surface area contributed by atoms with Gasteiger partial charge in [0.05, 0.1) is 21.3 Å². The summed E-state index contributed by atoms with van der Waals surface area (Å²) < 4.78 is 16.1. The van der Waals surface area contributed by atoms with Gasteiger partial charge in [-0.15, -0.1) is 0 Å². The summed E-state index contributed by atoms with van der Waals surface area (Å²) in [5.41, 5.74) is 6.46. The number of carbonyl (C=O) groups is 3. The first-order chi connectivity index (χ1) is 13.2. The first-order valence-electron chi connectivity index (χ1n) is 8.50. The van der Waals surface area contributed by atoms with Gasteiger partial charge < -0.3 is 30.2 Å². The van der Waals surface area contributed by atoms with Crippen LogP contribution in [0, 0.1) is 5.92 Å². The van der Waals surface area contributed by atoms with E-state index in [9.17, 15) is 4.79 Å². The Morgan fingerprint density at radius 3 is 1.79 bits per heavy atom. The molecule has 1 heterocycles. The van der Waals surface area contributed by atoms with Crippen molar-refractivity contribution in [3.63, 3.8) is 0 Å². The second-order valence-electron chi connectivity index (χ2n) is 6.10. The van der Waals surface area contributed by atoms with Gasteiger partial charge in [-0.1, -0.05) is 0 Å². The van der Waals surface area contributed by atoms with Gasteiger partial charge in [0.2, 0.25) is 11.7 Å². The smallest absolute Gasteiger partial charge is 0.414 e. The number of nitrogens with zero attached hydrogens (tertiary/aromatic N) is 1. The van der Waals surface area contributed by atoms with Crippen LogP contribution in [-0.2, 0) is 20.9 Å². The van der Waals surface area contributed by atoms with Crippen molar-refractivity contribution in [3.8, 4) is 17.2 Å². The number of hydrogen-bond acceptors (Lipinski definition) is 7. The van der Waals surface area contributed by atoms with Crippen molar-refractivity contribution in [1.82, 2.24) is 4.90 Å². The van der Waals surface area contributed by atoms with Gasteiger partial charge in [-0.3, -0.25) is 9.69 Å². The molecule has 0 saturated carbocycles. The third-order valence-electron chi connectivity index (χ3n) is 4.30. The summed E-state index contributed by atoms with van der Waals surface area (Å²) in [6.07, 6.45) is 1.64. The molecule has 4 N–H and O–H groups in total. The van der Waals surface area contributed by atoms with Crippen molar-refractivity contribution in [3.05, 3.63) is 17.7 Å². The lowest BCUT2D eigenvalue weighted by atomic mass is 9.96. The van der Waals surface area contributed by atoms with Crippen molar-refractivity contribution >= 4 is 17.8 Å². The van der Waals surface area contributed by atoms with Gasteiger partial charge in [-0.25, -0.2) is 9.59 Å². The van der Waals surface area contributed by atoms with Crippen molar-refractivity contribution in [2.24, 2.45) is 11.7 Å². The van der Waals surface area contributed by atoms with E-state index in [-0.39, 0.29) is 11.8 Å². The third-order valence-corrected chi connectivity index (χ3v) is 4.30. The van der Waals surface area contributed by atoms with E-state index < -0.39 is 11.9 Å². The van der Waals surface area contributed by atoms with Crippen LogP contribution in [0.4, 0.5) is 0 Å². The number of carbonyl (C=O) groups excluding carboxylic acids is 1. The average Bonchev–Trinajstić information content (AvgIpc) is 2.67. The molecule has 0 aromatic heterocycles. The lowest BCUT2D eigenvalue weighted by Crippen LogP contribution is -2.38. The number of benzene rings is 1. The van der Waals surface area contributed by atoms with Gasteiger partial charge in [0.25, 0.3) is 0 Å². The van der Waals surface area contributed by atoms with E-state index in [0.717, 1.165) is 38.0 Å². The zero-order valence-electron chi connectivity index (χ0n) is 16.1. The minimum Gasteiger partial charge on any atom is -0.493 e. The third kappa shape index (κ3) is 6.62. The van der Waals surface area contributed by atoms with Crippen LogP contribution in [0.25, 0.3) is 0 Å². The molecule has 1 aromatic carbocycles. The lowest BCUT2D eigenvalue weighted by Gasteiger charge is -2.30. The number of nitrogens with two attached hydrogens (primary N) is 1. The van der Waals surface area contributed by atoms with Crippen LogP contribution in [0.5, 0.6) is 17.2 Å². The van der Waals surface area contributed by atoms with E-state index in [1.165, 1.54) is 0 Å². The summed E-state index contributed by atoms with van der Waals surface area (Å²) in [6, 6.07) is 3.92. The number of amides is 1. The normalized spacial score (nSPS) is 14.4. The number of likely N-dealkylation sites (tertiary alicyclic amines) is 1. The highest BCUT2D eigenvalue weighted by Crippen LogP contribution is 2.38. The van der Waals surface area contributed by atoms with E-state index in [2.05, 4.69) is 4.90 Å². The molecule has 1 fully saturated rings. The summed E-state index contributed by atoms with van der Waals surface area (Å²) >= 11 is 0. The van der Waals surface area contributed by atoms with Crippen LogP contribution in [0.1, 0.15) is 18.4 Å². The van der Waals surface area contributed by atoms with Crippen LogP contribution in [0.2, 0.25) is 0 Å². The molecule has 1 aliphatic rings. The molecule has 0 bridgehead atoms. The zero-order valence-corrected chi connectivity index (χ0v) is 16.1. The maximum atomic E-state index is 11.2. The number of ether oxygens (including phenoxy) is 3. The molecule has 1 amide bonds. The highest BCUT2D eigenvalue weighted by atomic mass is 16.5. The Hall–Kier alpha value is -3.01. The molecular formula is C18H26N2O8. The number of piperidine rings is 1. The Balaban J connectivity index is 0.000000568. The lowest BCUT2D eigenvalue weighted by molar-refractivity contribution is -0.159. The summed E-state index contributed by atoms with van der Waals surface area (Å²) in [7, 11) is 4.81. The SMILES string of the molecule is COc1cc(CN2CCC(C(N)=O)CC2)cc(OC)c1OC.O=C(O)C(=O)O. The van der Waals surface area contributed by atoms with Gasteiger partial charge in [0.1, 0.15) is 0 Å². The summed E-state index contributed by atoms with van der Waals surface area (Å²) in [5.74, 6) is -1.91. The maximum Gasteiger partial charge on any atom is 0.414 e. The number of hydrogen-bond donors (Lipinski definition) is 3. The summed E-state index contributed by atoms with van der Waals surface area (Å²) in [6.45, 7) is 2.51. The zero-order chi connectivity index (χ0) is 21.3. The number of aliphatic carboxylic acids is 2. The Labute approximate surface area is 162 Å². The highest BCUT2D eigenvalue weighted by molar-refractivity contribution is 6.27. The van der Waals surface area contributed by atoms with Crippen LogP contribution < -0.4 is 19.9 Å². The number of carboxylic acid groups (broad SMARTS) is 2. The standard InChI is InChI=1S/C16H24N2O4.C2H2O4/c1-20-13-8-11(9-14(21-2)15(13)22-3)10-18-6-4-12(5-7-18)16(17)19;3-1(4)2(5)6/h8-9,12H,4-7,10H2,1-3H3,(H2,17,19);(H,3,4)(H,5,6). The van der Waals surface area contributed by atoms with E-state index in [1.807, 2.05) is 12.1 Å². The molecule has 2 rings (SSSR count). The van der Waals surface area contributed by atoms with Gasteiger partial charge >= 0.3 is 11.9 Å². The van der Waals surface area contributed by atoms with Crippen molar-refractivity contribution in [2.45, 2.75) is 19.4 Å². The van der Waals surface area contributed by atoms with Crippen LogP contribution in [0.3, 0.4) is 0 Å². The van der Waals surface area contributed by atoms with Crippen molar-refractivity contribution < 1.29 is 38.8 Å². The van der Waals surface area contributed by atoms with Gasteiger partial charge in [0.15, 0.2) is 11.5 Å². The Kier molecular flexibility index (Phi) is 9.03. The molecule has 1 aromatic rings. The first kappa shape index (κ1) is 23.0. The first-order valence-corrected chi connectivity index (χ1v) is 8.50. The molecule has 0 aliphatic carbocycles. The molecule has 156 valence electrons. The largest absolute Gasteiger partial charge is 0.493 e. The number of methoxy groups -OCH3 is 3. The van der Waals surface area contributed by atoms with Crippen molar-refractivity contribution in [1.29, 1.82) is 0 Å². The maximum absolute atomic E-state index is 11.2. The molecule has 1 aliphatic heterocycles. The molecule has 1 saturated heterocycles. The summed E-state index contributed by atoms with van der Waals surface area (Å²) in [4.78, 5) is 31.7. The van der Waals surface area contributed by atoms with Gasteiger partial charge in [-0.05, 0) is 43.6 Å². The molecule has 0 radical (unpaired) electrons. The monoisotopic (exact) mass is 398 g/mol. The molecule has 10 heteroatoms. The van der Waals surface area contributed by atoms with E-state index in [0.29, 0.717) is 17.2 Å². The minimum absolute atomic E-state index is 0.0104. The fraction of sp³-hybridized carbons (Fsp3) is 0.500. The van der Waals surface area contributed by atoms with E-state index in [4.69, 9.17) is 39.7 Å². The van der Waals surface area contributed by atoms with Gasteiger partial charge in [0, 0.05) is 12.5 Å². The number of carboxylic acids is 2. The van der Waals surface area contributed by atoms with E-state index in [1.54, 1.807) is 21.3 Å². The van der Waals surface area contributed by atoms with E-state index >= 15 is 0 Å². The van der Waals surface area contributed by atoms with Crippen LogP contribution in [0.15, 0.2) is 12.1 Å². The van der Waals surface area contributed by atoms with Gasteiger partial charge in [-0.2, -0.15) is 0 Å². The molecule has 0 spiro atoms. The fourth-order valence-electron chi connectivity index (χ4n) is 2.86. The Morgan fingerprint density at radius 2 is 1.46 bits per heavy atom. The quantitative estimate of drug-likeness (QED) is 0.584. The molecule has 0 atom stereocenters. The molecule has 10 nitrogen and oxygen atoms in total. The summed E-state index contributed by atoms with van der Waals surface area (Å²) in [5, 5.41) is 14.8. The Bertz CT molecular complexity index is 662. The number of primary amides is 1. The molecule has 28 heavy (non-hydrogen) atoms. The topological polar surface area (TPSA) is 149 Å². The molecular weight excluding hydrogens is 372 g/mol. The van der Waals surface area contributed by atoms with Crippen molar-refractivity contribution in [2.75, 3.05) is 34.4 Å². The fourth-order valence-corrected chi connectivity index (χ4v) is 2.86. The Morgan fingerprint density at radius 1 is 1.00 bits per heavy atom. The predicted octanol–water partition coefficient (Wildman–Crippen LogP) is 0.565. The number of rotatable bonds is 6. The van der Waals surface area contributed by atoms with Crippen LogP contribution in [-0.4, -0.2) is 67.4 Å². The molecule has 0 unspecified atom stereocenters. The average molecular weight is 398 g/mol. The second-order valence-corrected chi connectivity index (χ2v) is 6.10. The minimum atomic E-state index is -1.82. The van der Waals surface area contributed by atoms with Crippen LogP contribution >= 0.6 is 0 Å². The second kappa shape index (κ2) is 11.0.